The van der Waals surface area contributed by atoms with Crippen LogP contribution in [0.5, 0.6) is 0 Å². The van der Waals surface area contributed by atoms with Crippen LogP contribution in [0.1, 0.15) is 30.9 Å². The van der Waals surface area contributed by atoms with Gasteiger partial charge in [-0.3, -0.25) is 4.90 Å². The average Bonchev–Trinajstić information content (AvgIpc) is 2.51. The molecule has 2 heteroatoms. The zero-order valence-electron chi connectivity index (χ0n) is 13.0. The highest BCUT2D eigenvalue weighted by atomic mass is 15.1. The van der Waals surface area contributed by atoms with E-state index in [-0.39, 0.29) is 0 Å². The first-order valence-corrected chi connectivity index (χ1v) is 7.88. The number of nitrogens with zero attached hydrogens (tertiary/aromatic N) is 1. The average molecular weight is 282 g/mol. The van der Waals surface area contributed by atoms with Crippen LogP contribution in [0.3, 0.4) is 0 Å². The second-order valence-corrected chi connectivity index (χ2v) is 5.61. The first-order chi connectivity index (χ1) is 10.3. The summed E-state index contributed by atoms with van der Waals surface area (Å²) in [6, 6.07) is 19.0. The largest absolute Gasteiger partial charge is 0.399 e. The molecule has 0 aromatic heterocycles. The van der Waals surface area contributed by atoms with Crippen LogP contribution in [0.15, 0.2) is 54.6 Å². The number of rotatable bonds is 8. The van der Waals surface area contributed by atoms with Crippen LogP contribution < -0.4 is 5.73 Å². The van der Waals surface area contributed by atoms with Crippen LogP contribution in [-0.2, 0) is 13.0 Å². The van der Waals surface area contributed by atoms with Gasteiger partial charge in [0.2, 0.25) is 0 Å². The minimum Gasteiger partial charge on any atom is -0.399 e. The molecule has 0 radical (unpaired) electrons. The molecule has 2 N–H and O–H groups in total. The Morgan fingerprint density at radius 1 is 0.857 bits per heavy atom. The van der Waals surface area contributed by atoms with E-state index >= 15 is 0 Å². The van der Waals surface area contributed by atoms with E-state index in [0.29, 0.717) is 0 Å². The number of aryl methyl sites for hydroxylation is 1. The Morgan fingerprint density at radius 3 is 2.24 bits per heavy atom. The Hall–Kier alpha value is -1.80. The lowest BCUT2D eigenvalue weighted by Gasteiger charge is -2.22. The fraction of sp³-hybridized carbons (Fsp3) is 0.368. The summed E-state index contributed by atoms with van der Waals surface area (Å²) < 4.78 is 0. The standard InChI is InChI=1S/C19H26N2/c1-2-14-21(16-18-10-12-19(20)13-11-18)15-6-9-17-7-4-3-5-8-17/h3-5,7-8,10-13H,2,6,9,14-16,20H2,1H3. The fourth-order valence-corrected chi connectivity index (χ4v) is 2.62. The summed E-state index contributed by atoms with van der Waals surface area (Å²) in [4.78, 5) is 2.54. The van der Waals surface area contributed by atoms with Crippen LogP contribution >= 0.6 is 0 Å². The topological polar surface area (TPSA) is 29.3 Å². The molecule has 0 saturated carbocycles. The van der Waals surface area contributed by atoms with Gasteiger partial charge in [0.05, 0.1) is 0 Å². The predicted molar refractivity (Wildman–Crippen MR) is 91.2 cm³/mol. The van der Waals surface area contributed by atoms with Crippen LogP contribution in [0.25, 0.3) is 0 Å². The van der Waals surface area contributed by atoms with Gasteiger partial charge in [-0.15, -0.1) is 0 Å². The number of hydrogen-bond donors (Lipinski definition) is 1. The Kier molecular flexibility index (Phi) is 6.29. The van der Waals surface area contributed by atoms with Crippen molar-refractivity contribution in [3.63, 3.8) is 0 Å². The third-order valence-corrected chi connectivity index (χ3v) is 3.71. The van der Waals surface area contributed by atoms with E-state index in [0.717, 1.165) is 31.7 Å². The molecule has 0 amide bonds. The smallest absolute Gasteiger partial charge is 0.0314 e. The van der Waals surface area contributed by atoms with Crippen LogP contribution in [0.4, 0.5) is 5.69 Å². The van der Waals surface area contributed by atoms with E-state index < -0.39 is 0 Å². The first-order valence-electron chi connectivity index (χ1n) is 7.88. The maximum absolute atomic E-state index is 5.75. The van der Waals surface area contributed by atoms with Crippen LogP contribution in [0.2, 0.25) is 0 Å². The minimum absolute atomic E-state index is 0.838. The number of benzene rings is 2. The molecule has 0 aliphatic carbocycles. The molecular weight excluding hydrogens is 256 g/mol. The van der Waals surface area contributed by atoms with Gasteiger partial charge in [0, 0.05) is 12.2 Å². The summed E-state index contributed by atoms with van der Waals surface area (Å²) in [5.74, 6) is 0. The minimum atomic E-state index is 0.838. The third-order valence-electron chi connectivity index (χ3n) is 3.71. The zero-order valence-corrected chi connectivity index (χ0v) is 13.0. The van der Waals surface area contributed by atoms with Crippen molar-refractivity contribution < 1.29 is 0 Å². The summed E-state index contributed by atoms with van der Waals surface area (Å²) in [5.41, 5.74) is 9.36. The molecule has 0 bridgehead atoms. The second kappa shape index (κ2) is 8.48. The molecule has 2 nitrogen and oxygen atoms in total. The van der Waals surface area contributed by atoms with Crippen molar-refractivity contribution in [2.45, 2.75) is 32.7 Å². The molecule has 0 saturated heterocycles. The molecule has 112 valence electrons. The maximum Gasteiger partial charge on any atom is 0.0314 e. The van der Waals surface area contributed by atoms with Crippen molar-refractivity contribution in [1.29, 1.82) is 0 Å². The summed E-state index contributed by atoms with van der Waals surface area (Å²) in [6.45, 7) is 5.56. The Morgan fingerprint density at radius 2 is 1.57 bits per heavy atom. The van der Waals surface area contributed by atoms with Gasteiger partial charge in [-0.05, 0) is 55.6 Å². The lowest BCUT2D eigenvalue weighted by Crippen LogP contribution is -2.25. The number of nitrogen functional groups attached to an aromatic ring is 1. The number of nitrogens with two attached hydrogens (primary N) is 1. The summed E-state index contributed by atoms with van der Waals surface area (Å²) in [7, 11) is 0. The summed E-state index contributed by atoms with van der Waals surface area (Å²) in [5, 5.41) is 0. The fourth-order valence-electron chi connectivity index (χ4n) is 2.62. The van der Waals surface area contributed by atoms with Crippen molar-refractivity contribution in [3.8, 4) is 0 Å². The molecule has 2 rings (SSSR count). The van der Waals surface area contributed by atoms with Gasteiger partial charge >= 0.3 is 0 Å². The molecule has 0 heterocycles. The van der Waals surface area contributed by atoms with Crippen molar-refractivity contribution in [2.24, 2.45) is 0 Å². The van der Waals surface area contributed by atoms with Crippen molar-refractivity contribution in [2.75, 3.05) is 18.8 Å². The monoisotopic (exact) mass is 282 g/mol. The summed E-state index contributed by atoms with van der Waals surface area (Å²) in [6.07, 6.45) is 3.56. The quantitative estimate of drug-likeness (QED) is 0.738. The molecular formula is C19H26N2. The van der Waals surface area contributed by atoms with Crippen LogP contribution in [-0.4, -0.2) is 18.0 Å². The lowest BCUT2D eigenvalue weighted by molar-refractivity contribution is 0.263. The second-order valence-electron chi connectivity index (χ2n) is 5.61. The molecule has 2 aromatic rings. The zero-order chi connectivity index (χ0) is 14.9. The Balaban J connectivity index is 1.82. The van der Waals surface area contributed by atoms with Gasteiger partial charge in [0.25, 0.3) is 0 Å². The maximum atomic E-state index is 5.75. The van der Waals surface area contributed by atoms with Gasteiger partial charge in [0.15, 0.2) is 0 Å². The van der Waals surface area contributed by atoms with Gasteiger partial charge in [0.1, 0.15) is 0 Å². The SMILES string of the molecule is CCCN(CCCc1ccccc1)Cc1ccc(N)cc1. The molecule has 0 aliphatic heterocycles. The Labute approximate surface area is 128 Å². The van der Waals surface area contributed by atoms with E-state index in [2.05, 4.69) is 54.3 Å². The number of anilines is 1. The van der Waals surface area contributed by atoms with Gasteiger partial charge in [-0.1, -0.05) is 49.4 Å². The molecule has 0 spiro atoms. The van der Waals surface area contributed by atoms with E-state index in [1.54, 1.807) is 0 Å². The van der Waals surface area contributed by atoms with E-state index in [4.69, 9.17) is 5.73 Å². The van der Waals surface area contributed by atoms with Crippen molar-refractivity contribution in [3.05, 3.63) is 65.7 Å². The third kappa shape index (κ3) is 5.60. The number of hydrogen-bond acceptors (Lipinski definition) is 2. The normalized spacial score (nSPS) is 11.0. The highest BCUT2D eigenvalue weighted by molar-refractivity contribution is 5.39. The molecule has 0 atom stereocenters. The molecule has 0 unspecified atom stereocenters. The highest BCUT2D eigenvalue weighted by Gasteiger charge is 2.05. The van der Waals surface area contributed by atoms with Crippen molar-refractivity contribution >= 4 is 5.69 Å². The van der Waals surface area contributed by atoms with Gasteiger partial charge < -0.3 is 5.73 Å². The van der Waals surface area contributed by atoms with Gasteiger partial charge in [-0.25, -0.2) is 0 Å². The first kappa shape index (κ1) is 15.6. The lowest BCUT2D eigenvalue weighted by atomic mass is 10.1. The van der Waals surface area contributed by atoms with Crippen molar-refractivity contribution in [1.82, 2.24) is 4.90 Å². The van der Waals surface area contributed by atoms with E-state index in [1.165, 1.54) is 24.0 Å². The Bertz CT molecular complexity index is 505. The highest BCUT2D eigenvalue weighted by Crippen LogP contribution is 2.10. The summed E-state index contributed by atoms with van der Waals surface area (Å²) >= 11 is 0. The molecule has 0 fully saturated rings. The van der Waals surface area contributed by atoms with E-state index in [9.17, 15) is 0 Å². The molecule has 21 heavy (non-hydrogen) atoms. The predicted octanol–water partition coefficient (Wildman–Crippen LogP) is 4.11. The van der Waals surface area contributed by atoms with E-state index in [1.807, 2.05) is 12.1 Å². The van der Waals surface area contributed by atoms with Crippen LogP contribution in [0, 0.1) is 0 Å². The van der Waals surface area contributed by atoms with Gasteiger partial charge in [-0.2, -0.15) is 0 Å². The molecule has 2 aromatic carbocycles. The molecule has 0 aliphatic rings.